The molecule has 0 aliphatic carbocycles. The third kappa shape index (κ3) is 5.03. The van der Waals surface area contributed by atoms with Gasteiger partial charge in [0.2, 0.25) is 11.8 Å². The van der Waals surface area contributed by atoms with Crippen molar-refractivity contribution in [3.8, 4) is 0 Å². The molecule has 5 nitrogen and oxygen atoms in total. The summed E-state index contributed by atoms with van der Waals surface area (Å²) in [7, 11) is 0. The second-order valence-corrected chi connectivity index (χ2v) is 7.94. The van der Waals surface area contributed by atoms with E-state index in [0.717, 1.165) is 11.3 Å². The minimum Gasteiger partial charge on any atom is -0.326 e. The molecule has 1 aliphatic heterocycles. The molecule has 1 aliphatic rings. The number of halogens is 1. The van der Waals surface area contributed by atoms with E-state index in [4.69, 9.17) is 11.6 Å². The molecule has 0 unspecified atom stereocenters. The molecular formula is C21H20ClN3O2S. The molecule has 0 spiro atoms. The topological polar surface area (TPSA) is 61.8 Å². The van der Waals surface area contributed by atoms with Crippen LogP contribution in [0.5, 0.6) is 0 Å². The fourth-order valence-corrected chi connectivity index (χ4v) is 3.96. The minimum atomic E-state index is -0.517. The maximum atomic E-state index is 12.8. The molecule has 1 saturated heterocycles. The largest absolute Gasteiger partial charge is 0.326 e. The van der Waals surface area contributed by atoms with E-state index in [0.29, 0.717) is 22.4 Å². The van der Waals surface area contributed by atoms with E-state index in [1.165, 1.54) is 11.8 Å². The smallest absolute Gasteiger partial charge is 0.242 e. The van der Waals surface area contributed by atoms with Gasteiger partial charge in [-0.3, -0.25) is 14.5 Å². The van der Waals surface area contributed by atoms with Gasteiger partial charge in [0.1, 0.15) is 5.25 Å². The molecule has 1 fully saturated rings. The highest BCUT2D eigenvalue weighted by molar-refractivity contribution is 8.15. The maximum Gasteiger partial charge on any atom is 0.242 e. The average molecular weight is 414 g/mol. The quantitative estimate of drug-likeness (QED) is 0.692. The minimum absolute atomic E-state index is 0.0622. The molecule has 3 rings (SSSR count). The summed E-state index contributed by atoms with van der Waals surface area (Å²) in [5.74, 6) is -0.370. The third-order valence-electron chi connectivity index (χ3n) is 4.09. The first-order valence-electron chi connectivity index (χ1n) is 8.76. The maximum absolute atomic E-state index is 12.8. The highest BCUT2D eigenvalue weighted by atomic mass is 35.5. The van der Waals surface area contributed by atoms with Crippen molar-refractivity contribution in [2.24, 2.45) is 4.99 Å². The predicted molar refractivity (Wildman–Crippen MR) is 116 cm³/mol. The number of carbonyl (C=O) groups excluding carboxylic acids is 2. The first-order chi connectivity index (χ1) is 13.5. The van der Waals surface area contributed by atoms with Gasteiger partial charge in [-0.05, 0) is 43.3 Å². The Hall–Kier alpha value is -2.57. The Balaban J connectivity index is 1.72. The van der Waals surface area contributed by atoms with Gasteiger partial charge in [0.25, 0.3) is 0 Å². The lowest BCUT2D eigenvalue weighted by atomic mass is 10.2. The Kier molecular flexibility index (Phi) is 6.54. The molecular weight excluding hydrogens is 394 g/mol. The van der Waals surface area contributed by atoms with Gasteiger partial charge in [0, 0.05) is 23.7 Å². The standard InChI is InChI=1S/C21H20ClN3O2S/c1-3-12-25-20(27)18(13-19(26)23-16-10-6-15(22)7-11-16)28-21(25)24-17-8-4-14(2)5-9-17/h3-11,18H,1,12-13H2,2H3,(H,23,26)/t18-/m1/s1. The number of amidine groups is 1. The van der Waals surface area contributed by atoms with E-state index in [9.17, 15) is 9.59 Å². The van der Waals surface area contributed by atoms with Crippen molar-refractivity contribution in [1.29, 1.82) is 0 Å². The van der Waals surface area contributed by atoms with Crippen LogP contribution in [0.4, 0.5) is 11.4 Å². The van der Waals surface area contributed by atoms with Crippen LogP contribution < -0.4 is 5.32 Å². The normalized spacial score (nSPS) is 17.8. The summed E-state index contributed by atoms with van der Waals surface area (Å²) in [6, 6.07) is 14.6. The lowest BCUT2D eigenvalue weighted by Crippen LogP contribution is -2.33. The second-order valence-electron chi connectivity index (χ2n) is 6.33. The molecule has 1 heterocycles. The van der Waals surface area contributed by atoms with Crippen LogP contribution in [0.2, 0.25) is 5.02 Å². The Morgan fingerprint density at radius 2 is 1.93 bits per heavy atom. The SMILES string of the molecule is C=CCN1C(=O)[C@@H](CC(=O)Nc2ccc(Cl)cc2)SC1=Nc1ccc(C)cc1. The monoisotopic (exact) mass is 413 g/mol. The van der Waals surface area contributed by atoms with Crippen molar-refractivity contribution in [2.45, 2.75) is 18.6 Å². The summed E-state index contributed by atoms with van der Waals surface area (Å²) in [4.78, 5) is 31.3. The molecule has 2 amide bonds. The molecule has 2 aromatic rings. The molecule has 0 radical (unpaired) electrons. The molecule has 2 aromatic carbocycles. The number of hydrogen-bond acceptors (Lipinski definition) is 4. The fourth-order valence-electron chi connectivity index (χ4n) is 2.67. The van der Waals surface area contributed by atoms with Gasteiger partial charge in [0.15, 0.2) is 5.17 Å². The summed E-state index contributed by atoms with van der Waals surface area (Å²) in [5.41, 5.74) is 2.54. The fraction of sp³-hybridized carbons (Fsp3) is 0.190. The molecule has 0 saturated carbocycles. The van der Waals surface area contributed by atoms with Crippen LogP contribution in [0.1, 0.15) is 12.0 Å². The number of carbonyl (C=O) groups is 2. The lowest BCUT2D eigenvalue weighted by molar-refractivity contribution is -0.127. The van der Waals surface area contributed by atoms with E-state index in [1.54, 1.807) is 35.2 Å². The summed E-state index contributed by atoms with van der Waals surface area (Å²) in [6.45, 7) is 6.07. The molecule has 0 aromatic heterocycles. The van der Waals surface area contributed by atoms with Crippen molar-refractivity contribution in [1.82, 2.24) is 4.90 Å². The number of anilines is 1. The Morgan fingerprint density at radius 1 is 1.25 bits per heavy atom. The number of rotatable bonds is 6. The number of thioether (sulfide) groups is 1. The third-order valence-corrected chi connectivity index (χ3v) is 5.52. The summed E-state index contributed by atoms with van der Waals surface area (Å²) >= 11 is 7.16. The number of aliphatic imine (C=N–C) groups is 1. The zero-order valence-corrected chi connectivity index (χ0v) is 17.0. The van der Waals surface area contributed by atoms with Crippen molar-refractivity contribution >= 4 is 51.7 Å². The number of benzene rings is 2. The van der Waals surface area contributed by atoms with Crippen LogP contribution in [-0.2, 0) is 9.59 Å². The highest BCUT2D eigenvalue weighted by Crippen LogP contribution is 2.32. The van der Waals surface area contributed by atoms with Crippen LogP contribution in [0, 0.1) is 6.92 Å². The van der Waals surface area contributed by atoms with Crippen molar-refractivity contribution in [3.63, 3.8) is 0 Å². The Bertz CT molecular complexity index is 910. The van der Waals surface area contributed by atoms with Gasteiger partial charge in [-0.1, -0.05) is 47.1 Å². The lowest BCUT2D eigenvalue weighted by Gasteiger charge is -2.13. The van der Waals surface area contributed by atoms with Crippen LogP contribution in [-0.4, -0.2) is 33.7 Å². The molecule has 0 bridgehead atoms. The summed E-state index contributed by atoms with van der Waals surface area (Å²) in [5, 5.41) is 3.45. The van der Waals surface area contributed by atoms with E-state index < -0.39 is 5.25 Å². The number of aryl methyl sites for hydroxylation is 1. The molecule has 28 heavy (non-hydrogen) atoms. The van der Waals surface area contributed by atoms with Crippen LogP contribution in [0.15, 0.2) is 66.2 Å². The first kappa shape index (κ1) is 20.2. The van der Waals surface area contributed by atoms with Gasteiger partial charge < -0.3 is 5.32 Å². The first-order valence-corrected chi connectivity index (χ1v) is 10.0. The zero-order chi connectivity index (χ0) is 20.1. The molecule has 144 valence electrons. The van der Waals surface area contributed by atoms with Gasteiger partial charge in [-0.15, -0.1) is 6.58 Å². The van der Waals surface area contributed by atoms with Crippen LogP contribution >= 0.6 is 23.4 Å². The van der Waals surface area contributed by atoms with E-state index in [1.807, 2.05) is 31.2 Å². The van der Waals surface area contributed by atoms with Crippen LogP contribution in [0.3, 0.4) is 0 Å². The van der Waals surface area contributed by atoms with Crippen molar-refractivity contribution in [2.75, 3.05) is 11.9 Å². The highest BCUT2D eigenvalue weighted by Gasteiger charge is 2.38. The van der Waals surface area contributed by atoms with E-state index in [-0.39, 0.29) is 18.2 Å². The van der Waals surface area contributed by atoms with Gasteiger partial charge >= 0.3 is 0 Å². The van der Waals surface area contributed by atoms with Gasteiger partial charge in [-0.2, -0.15) is 0 Å². The summed E-state index contributed by atoms with van der Waals surface area (Å²) < 4.78 is 0. The van der Waals surface area contributed by atoms with E-state index >= 15 is 0 Å². The predicted octanol–water partition coefficient (Wildman–Crippen LogP) is 4.79. The average Bonchev–Trinajstić information content (AvgIpc) is 2.94. The summed E-state index contributed by atoms with van der Waals surface area (Å²) in [6.07, 6.45) is 1.71. The molecule has 1 atom stereocenters. The van der Waals surface area contributed by atoms with Crippen molar-refractivity contribution < 1.29 is 9.59 Å². The molecule has 1 N–H and O–H groups in total. The molecule has 7 heteroatoms. The Labute approximate surface area is 173 Å². The number of nitrogens with one attached hydrogen (secondary N) is 1. The van der Waals surface area contributed by atoms with Crippen molar-refractivity contribution in [3.05, 3.63) is 71.8 Å². The van der Waals surface area contributed by atoms with Gasteiger partial charge in [-0.25, -0.2) is 4.99 Å². The Morgan fingerprint density at radius 3 is 2.57 bits per heavy atom. The van der Waals surface area contributed by atoms with E-state index in [2.05, 4.69) is 16.9 Å². The van der Waals surface area contributed by atoms with Crippen LogP contribution in [0.25, 0.3) is 0 Å². The number of amides is 2. The number of hydrogen-bond donors (Lipinski definition) is 1. The number of nitrogens with zero attached hydrogens (tertiary/aromatic N) is 2. The van der Waals surface area contributed by atoms with Gasteiger partial charge in [0.05, 0.1) is 5.69 Å². The second kappa shape index (κ2) is 9.08. The zero-order valence-electron chi connectivity index (χ0n) is 15.4.